The number of methoxy groups -OCH3 is 1. The highest BCUT2D eigenvalue weighted by atomic mass is 32.2. The standard InChI is InChI=1S/C28H32N4O3S/c1-35-27-15-6-5-14-26(27)31-20-18-30(19-21-31)17-8-7-11-24-22-23-10-9-16-29-28(23)32(24)36(33,34)25-12-3-2-4-13-25/h2-6,9-10,12-16,22H,7-8,11,17-21H2,1H3. The highest BCUT2D eigenvalue weighted by Crippen LogP contribution is 2.29. The zero-order valence-electron chi connectivity index (χ0n) is 20.6. The van der Waals surface area contributed by atoms with Gasteiger partial charge < -0.3 is 9.64 Å². The molecule has 4 aromatic rings. The third-order valence-electron chi connectivity index (χ3n) is 6.83. The average molecular weight is 505 g/mol. The Labute approximate surface area is 213 Å². The maximum absolute atomic E-state index is 13.5. The zero-order valence-corrected chi connectivity index (χ0v) is 21.4. The van der Waals surface area contributed by atoms with Gasteiger partial charge in [-0.1, -0.05) is 30.3 Å². The third-order valence-corrected chi connectivity index (χ3v) is 8.59. The molecule has 1 saturated heterocycles. The van der Waals surface area contributed by atoms with Gasteiger partial charge in [0, 0.05) is 43.5 Å². The Kier molecular flexibility index (Phi) is 7.25. The summed E-state index contributed by atoms with van der Waals surface area (Å²) in [7, 11) is -2.00. The van der Waals surface area contributed by atoms with Gasteiger partial charge in [0.25, 0.3) is 10.0 Å². The van der Waals surface area contributed by atoms with Gasteiger partial charge in [-0.2, -0.15) is 0 Å². The van der Waals surface area contributed by atoms with Crippen LogP contribution in [-0.4, -0.2) is 62.1 Å². The van der Waals surface area contributed by atoms with Crippen LogP contribution in [0.4, 0.5) is 5.69 Å². The van der Waals surface area contributed by atoms with Crippen LogP contribution >= 0.6 is 0 Å². The summed E-state index contributed by atoms with van der Waals surface area (Å²) in [6.07, 6.45) is 4.25. The van der Waals surface area contributed by atoms with Gasteiger partial charge in [-0.3, -0.25) is 4.90 Å². The lowest BCUT2D eigenvalue weighted by Crippen LogP contribution is -2.46. The highest BCUT2D eigenvalue weighted by Gasteiger charge is 2.24. The Morgan fingerprint density at radius 2 is 1.64 bits per heavy atom. The van der Waals surface area contributed by atoms with Crippen molar-refractivity contribution < 1.29 is 13.2 Å². The maximum Gasteiger partial charge on any atom is 0.269 e. The number of nitrogens with zero attached hydrogens (tertiary/aromatic N) is 4. The van der Waals surface area contributed by atoms with E-state index < -0.39 is 10.0 Å². The first-order valence-electron chi connectivity index (χ1n) is 12.4. The molecule has 8 heteroatoms. The molecule has 3 heterocycles. The summed E-state index contributed by atoms with van der Waals surface area (Å²) in [6, 6.07) is 22.5. The summed E-state index contributed by atoms with van der Waals surface area (Å²) in [5.41, 5.74) is 2.43. The quantitative estimate of drug-likeness (QED) is 0.314. The smallest absolute Gasteiger partial charge is 0.269 e. The molecule has 0 amide bonds. The number of anilines is 1. The number of benzene rings is 2. The number of piperazine rings is 1. The van der Waals surface area contributed by atoms with Crippen LogP contribution in [0.5, 0.6) is 5.75 Å². The molecule has 0 saturated carbocycles. The lowest BCUT2D eigenvalue weighted by molar-refractivity contribution is 0.252. The Bertz CT molecular complexity index is 1410. The molecule has 0 N–H and O–H groups in total. The molecule has 2 aromatic carbocycles. The predicted molar refractivity (Wildman–Crippen MR) is 143 cm³/mol. The van der Waals surface area contributed by atoms with Crippen molar-refractivity contribution in [2.75, 3.05) is 44.7 Å². The van der Waals surface area contributed by atoms with E-state index >= 15 is 0 Å². The summed E-state index contributed by atoms with van der Waals surface area (Å²) >= 11 is 0. The molecule has 0 aliphatic carbocycles. The van der Waals surface area contributed by atoms with Crippen molar-refractivity contribution in [3.63, 3.8) is 0 Å². The minimum Gasteiger partial charge on any atom is -0.495 e. The SMILES string of the molecule is COc1ccccc1N1CCN(CCCCc2cc3cccnc3n2S(=O)(=O)c2ccccc2)CC1. The van der Waals surface area contributed by atoms with Crippen LogP contribution in [0.1, 0.15) is 18.5 Å². The van der Waals surface area contributed by atoms with Gasteiger partial charge in [0.1, 0.15) is 5.75 Å². The van der Waals surface area contributed by atoms with E-state index in [0.29, 0.717) is 12.1 Å². The first-order valence-corrected chi connectivity index (χ1v) is 13.9. The number of unbranched alkanes of at least 4 members (excludes halogenated alkanes) is 1. The number of ether oxygens (including phenoxy) is 1. The summed E-state index contributed by atoms with van der Waals surface area (Å²) < 4.78 is 34.0. The monoisotopic (exact) mass is 504 g/mol. The van der Waals surface area contributed by atoms with Gasteiger partial charge in [-0.25, -0.2) is 17.4 Å². The fourth-order valence-electron chi connectivity index (χ4n) is 4.95. The van der Waals surface area contributed by atoms with Crippen molar-refractivity contribution in [1.29, 1.82) is 0 Å². The molecule has 1 aliphatic rings. The van der Waals surface area contributed by atoms with Crippen LogP contribution < -0.4 is 9.64 Å². The minimum atomic E-state index is -3.72. The maximum atomic E-state index is 13.5. The molecule has 7 nitrogen and oxygen atoms in total. The number of rotatable bonds is 9. The van der Waals surface area contributed by atoms with Crippen LogP contribution in [-0.2, 0) is 16.4 Å². The second-order valence-corrected chi connectivity index (χ2v) is 10.9. The fourth-order valence-corrected chi connectivity index (χ4v) is 6.50. The van der Waals surface area contributed by atoms with E-state index in [0.717, 1.165) is 68.1 Å². The topological polar surface area (TPSA) is 67.7 Å². The third kappa shape index (κ3) is 4.96. The average Bonchev–Trinajstić information content (AvgIpc) is 3.31. The number of pyridine rings is 1. The summed E-state index contributed by atoms with van der Waals surface area (Å²) in [5, 5.41) is 0.847. The van der Waals surface area contributed by atoms with Crippen molar-refractivity contribution in [2.45, 2.75) is 24.2 Å². The van der Waals surface area contributed by atoms with Gasteiger partial charge in [0.15, 0.2) is 5.65 Å². The summed E-state index contributed by atoms with van der Waals surface area (Å²) in [4.78, 5) is 9.56. The molecular weight excluding hydrogens is 472 g/mol. The second-order valence-electron chi connectivity index (χ2n) is 9.09. The Balaban J connectivity index is 1.21. The van der Waals surface area contributed by atoms with Crippen molar-refractivity contribution in [2.24, 2.45) is 0 Å². The van der Waals surface area contributed by atoms with Crippen LogP contribution in [0.15, 0.2) is 83.9 Å². The molecule has 2 aromatic heterocycles. The molecule has 188 valence electrons. The minimum absolute atomic E-state index is 0.280. The first kappa shape index (κ1) is 24.3. The lowest BCUT2D eigenvalue weighted by Gasteiger charge is -2.36. The first-order chi connectivity index (χ1) is 17.6. The molecule has 0 bridgehead atoms. The van der Waals surface area contributed by atoms with E-state index in [1.807, 2.05) is 36.4 Å². The lowest BCUT2D eigenvalue weighted by atomic mass is 10.1. The van der Waals surface area contributed by atoms with Crippen molar-refractivity contribution in [3.05, 3.63) is 84.7 Å². The molecule has 0 atom stereocenters. The van der Waals surface area contributed by atoms with Crippen molar-refractivity contribution in [3.8, 4) is 5.75 Å². The predicted octanol–water partition coefficient (Wildman–Crippen LogP) is 4.43. The van der Waals surface area contributed by atoms with E-state index in [4.69, 9.17) is 4.74 Å². The van der Waals surface area contributed by atoms with Gasteiger partial charge in [0.05, 0.1) is 17.7 Å². The van der Waals surface area contributed by atoms with Gasteiger partial charge in [0.2, 0.25) is 0 Å². The van der Waals surface area contributed by atoms with Gasteiger partial charge >= 0.3 is 0 Å². The van der Waals surface area contributed by atoms with Crippen LogP contribution in [0.25, 0.3) is 11.0 Å². The molecule has 36 heavy (non-hydrogen) atoms. The molecule has 1 aliphatic heterocycles. The number of hydrogen-bond acceptors (Lipinski definition) is 6. The summed E-state index contributed by atoms with van der Waals surface area (Å²) in [6.45, 7) is 4.95. The van der Waals surface area contributed by atoms with E-state index in [1.54, 1.807) is 37.6 Å². The highest BCUT2D eigenvalue weighted by molar-refractivity contribution is 7.90. The number of aryl methyl sites for hydroxylation is 1. The molecule has 0 radical (unpaired) electrons. The van der Waals surface area contributed by atoms with E-state index in [9.17, 15) is 8.42 Å². The van der Waals surface area contributed by atoms with E-state index in [-0.39, 0.29) is 4.90 Å². The fraction of sp³-hybridized carbons (Fsp3) is 0.321. The number of fused-ring (bicyclic) bond motifs is 1. The normalized spacial score (nSPS) is 14.9. The number of hydrogen-bond donors (Lipinski definition) is 0. The molecule has 1 fully saturated rings. The van der Waals surface area contributed by atoms with E-state index in [1.165, 1.54) is 3.97 Å². The Hall–Kier alpha value is -3.36. The van der Waals surface area contributed by atoms with Crippen LogP contribution in [0.3, 0.4) is 0 Å². The van der Waals surface area contributed by atoms with Gasteiger partial charge in [-0.15, -0.1) is 0 Å². The molecule has 0 unspecified atom stereocenters. The van der Waals surface area contributed by atoms with Gasteiger partial charge in [-0.05, 0) is 68.3 Å². The largest absolute Gasteiger partial charge is 0.495 e. The van der Waals surface area contributed by atoms with E-state index in [2.05, 4.69) is 26.9 Å². The molecular formula is C28H32N4O3S. The zero-order chi connectivity index (χ0) is 25.0. The number of para-hydroxylation sites is 2. The van der Waals surface area contributed by atoms with Crippen LogP contribution in [0.2, 0.25) is 0 Å². The van der Waals surface area contributed by atoms with Crippen molar-refractivity contribution in [1.82, 2.24) is 13.9 Å². The summed E-state index contributed by atoms with van der Waals surface area (Å²) in [5.74, 6) is 0.918. The molecule has 5 rings (SSSR count). The Morgan fingerprint density at radius 1 is 0.889 bits per heavy atom. The second kappa shape index (κ2) is 10.7. The molecule has 0 spiro atoms. The van der Waals surface area contributed by atoms with Crippen LogP contribution in [0, 0.1) is 0 Å². The number of aromatic nitrogens is 2. The Morgan fingerprint density at radius 3 is 2.42 bits per heavy atom. The van der Waals surface area contributed by atoms with Crippen molar-refractivity contribution >= 4 is 26.7 Å².